The van der Waals surface area contributed by atoms with E-state index in [4.69, 9.17) is 16.3 Å². The van der Waals surface area contributed by atoms with Crippen LogP contribution in [0.3, 0.4) is 0 Å². The number of esters is 1. The van der Waals surface area contributed by atoms with Gasteiger partial charge in [0.05, 0.1) is 6.61 Å². The fraction of sp³-hybridized carbons (Fsp3) is 0.615. The molecule has 0 aromatic heterocycles. The first kappa shape index (κ1) is 17.8. The molecule has 20 heavy (non-hydrogen) atoms. The summed E-state index contributed by atoms with van der Waals surface area (Å²) < 4.78 is 4.76. The number of carboxylic acid groups (broad SMARTS) is 1. The molecule has 0 aromatic rings. The van der Waals surface area contributed by atoms with E-state index < -0.39 is 24.0 Å². The standard InChI is InChI=1S/C13H20N2O5/c1-4-7-10(12(17)18)14-13(19)15(8-5-2)9-11(16)20-6-3/h1,10H,5-9H2,2-3H3,(H,14,19)(H,17,18). The van der Waals surface area contributed by atoms with Crippen LogP contribution in [0.2, 0.25) is 0 Å². The Balaban J connectivity index is 4.66. The van der Waals surface area contributed by atoms with Gasteiger partial charge in [0.2, 0.25) is 0 Å². The number of carboxylic acids is 1. The number of rotatable bonds is 8. The van der Waals surface area contributed by atoms with Crippen LogP contribution in [0.4, 0.5) is 4.79 Å². The zero-order valence-electron chi connectivity index (χ0n) is 11.7. The topological polar surface area (TPSA) is 95.9 Å². The van der Waals surface area contributed by atoms with Crippen LogP contribution in [0.15, 0.2) is 0 Å². The Morgan fingerprint density at radius 1 is 1.40 bits per heavy atom. The summed E-state index contributed by atoms with van der Waals surface area (Å²) in [5, 5.41) is 11.2. The van der Waals surface area contributed by atoms with Gasteiger partial charge in [-0.2, -0.15) is 0 Å². The van der Waals surface area contributed by atoms with Crippen molar-refractivity contribution in [3.05, 3.63) is 0 Å². The van der Waals surface area contributed by atoms with Gasteiger partial charge in [0, 0.05) is 13.0 Å². The monoisotopic (exact) mass is 284 g/mol. The summed E-state index contributed by atoms with van der Waals surface area (Å²) in [7, 11) is 0. The molecular weight excluding hydrogens is 264 g/mol. The van der Waals surface area contributed by atoms with E-state index >= 15 is 0 Å². The van der Waals surface area contributed by atoms with Gasteiger partial charge in [0.25, 0.3) is 0 Å². The van der Waals surface area contributed by atoms with Gasteiger partial charge >= 0.3 is 18.0 Å². The Hall–Kier alpha value is -2.23. The van der Waals surface area contributed by atoms with Gasteiger partial charge in [-0.15, -0.1) is 12.3 Å². The van der Waals surface area contributed by atoms with E-state index in [2.05, 4.69) is 11.2 Å². The highest BCUT2D eigenvalue weighted by atomic mass is 16.5. The molecule has 0 bridgehead atoms. The highest BCUT2D eigenvalue weighted by Gasteiger charge is 2.23. The SMILES string of the molecule is C#CCC(NC(=O)N(CCC)CC(=O)OCC)C(=O)O. The number of carbonyl (C=O) groups is 3. The number of carbonyl (C=O) groups excluding carboxylic acids is 2. The van der Waals surface area contributed by atoms with E-state index in [1.54, 1.807) is 6.92 Å². The van der Waals surface area contributed by atoms with E-state index in [0.717, 1.165) is 0 Å². The lowest BCUT2D eigenvalue weighted by Gasteiger charge is -2.23. The normalized spacial score (nSPS) is 11.1. The van der Waals surface area contributed by atoms with Crippen molar-refractivity contribution in [2.24, 2.45) is 0 Å². The van der Waals surface area contributed by atoms with Gasteiger partial charge in [0.1, 0.15) is 12.6 Å². The third-order valence-corrected chi connectivity index (χ3v) is 2.32. The van der Waals surface area contributed by atoms with Crippen molar-refractivity contribution in [3.63, 3.8) is 0 Å². The summed E-state index contributed by atoms with van der Waals surface area (Å²) in [5.74, 6) is 0.420. The molecule has 0 aromatic carbocycles. The van der Waals surface area contributed by atoms with Crippen LogP contribution >= 0.6 is 0 Å². The van der Waals surface area contributed by atoms with E-state index in [-0.39, 0.29) is 19.6 Å². The summed E-state index contributed by atoms with van der Waals surface area (Å²) in [6, 6.07) is -1.82. The number of hydrogen-bond acceptors (Lipinski definition) is 4. The number of ether oxygens (including phenoxy) is 1. The van der Waals surface area contributed by atoms with E-state index in [9.17, 15) is 14.4 Å². The Bertz CT molecular complexity index is 389. The van der Waals surface area contributed by atoms with Crippen molar-refractivity contribution >= 4 is 18.0 Å². The molecule has 112 valence electrons. The van der Waals surface area contributed by atoms with Crippen molar-refractivity contribution in [1.29, 1.82) is 0 Å². The minimum absolute atomic E-state index is 0.125. The maximum absolute atomic E-state index is 11.9. The van der Waals surface area contributed by atoms with Crippen LogP contribution in [-0.4, -0.2) is 53.7 Å². The van der Waals surface area contributed by atoms with Crippen LogP contribution in [0.1, 0.15) is 26.7 Å². The van der Waals surface area contributed by atoms with Crippen molar-refractivity contribution in [1.82, 2.24) is 10.2 Å². The second-order valence-corrected chi connectivity index (χ2v) is 3.98. The molecular formula is C13H20N2O5. The summed E-state index contributed by atoms with van der Waals surface area (Å²) in [6.07, 6.45) is 5.55. The second-order valence-electron chi connectivity index (χ2n) is 3.98. The molecule has 0 saturated heterocycles. The predicted octanol–water partition coefficient (Wildman–Crippen LogP) is 0.448. The highest BCUT2D eigenvalue weighted by Crippen LogP contribution is 1.98. The van der Waals surface area contributed by atoms with Crippen LogP contribution in [0, 0.1) is 12.3 Å². The fourth-order valence-electron chi connectivity index (χ4n) is 1.44. The van der Waals surface area contributed by atoms with Crippen LogP contribution in [0.25, 0.3) is 0 Å². The molecule has 0 aliphatic heterocycles. The molecule has 2 N–H and O–H groups in total. The van der Waals surface area contributed by atoms with Gasteiger partial charge in [0.15, 0.2) is 0 Å². The molecule has 0 radical (unpaired) electrons. The van der Waals surface area contributed by atoms with Gasteiger partial charge in [-0.25, -0.2) is 9.59 Å². The smallest absolute Gasteiger partial charge is 0.327 e. The first-order valence-corrected chi connectivity index (χ1v) is 6.33. The molecule has 0 aliphatic rings. The van der Waals surface area contributed by atoms with Gasteiger partial charge in [-0.3, -0.25) is 4.79 Å². The minimum Gasteiger partial charge on any atom is -0.480 e. The van der Waals surface area contributed by atoms with Gasteiger partial charge in [-0.1, -0.05) is 6.92 Å². The van der Waals surface area contributed by atoms with Gasteiger partial charge < -0.3 is 20.1 Å². The number of aliphatic carboxylic acids is 1. The van der Waals surface area contributed by atoms with Crippen molar-refractivity contribution in [2.75, 3.05) is 19.7 Å². The number of terminal acetylenes is 1. The Kier molecular flexibility index (Phi) is 8.59. The van der Waals surface area contributed by atoms with Crippen molar-refractivity contribution in [3.8, 4) is 12.3 Å². The molecule has 0 aliphatic carbocycles. The van der Waals surface area contributed by atoms with E-state index in [1.807, 2.05) is 6.92 Å². The number of nitrogens with zero attached hydrogens (tertiary/aromatic N) is 1. The third-order valence-electron chi connectivity index (χ3n) is 2.32. The van der Waals surface area contributed by atoms with Crippen molar-refractivity contribution < 1.29 is 24.2 Å². The van der Waals surface area contributed by atoms with Gasteiger partial charge in [-0.05, 0) is 13.3 Å². The highest BCUT2D eigenvalue weighted by molar-refractivity contribution is 5.85. The molecule has 0 spiro atoms. The molecule has 0 rings (SSSR count). The lowest BCUT2D eigenvalue weighted by atomic mass is 10.2. The summed E-state index contributed by atoms with van der Waals surface area (Å²) in [6.45, 7) is 3.80. The fourth-order valence-corrected chi connectivity index (χ4v) is 1.44. The summed E-state index contributed by atoms with van der Waals surface area (Å²) in [4.78, 5) is 35.4. The first-order valence-electron chi connectivity index (χ1n) is 6.33. The first-order chi connectivity index (χ1) is 9.46. The predicted molar refractivity (Wildman–Crippen MR) is 71.9 cm³/mol. The number of amides is 2. The Labute approximate surface area is 118 Å². The molecule has 0 saturated carbocycles. The number of nitrogens with one attached hydrogen (secondary N) is 1. The molecule has 1 atom stereocenters. The molecule has 1 unspecified atom stereocenters. The van der Waals surface area contributed by atoms with E-state index in [1.165, 1.54) is 4.90 Å². The minimum atomic E-state index is -1.22. The van der Waals surface area contributed by atoms with Crippen molar-refractivity contribution in [2.45, 2.75) is 32.7 Å². The average molecular weight is 284 g/mol. The summed E-state index contributed by atoms with van der Waals surface area (Å²) >= 11 is 0. The maximum Gasteiger partial charge on any atom is 0.327 e. The van der Waals surface area contributed by atoms with Crippen LogP contribution in [0.5, 0.6) is 0 Å². The zero-order chi connectivity index (χ0) is 15.5. The summed E-state index contributed by atoms with van der Waals surface area (Å²) in [5.41, 5.74) is 0. The quantitative estimate of drug-likeness (QED) is 0.498. The van der Waals surface area contributed by atoms with Crippen LogP contribution in [-0.2, 0) is 14.3 Å². The Morgan fingerprint density at radius 3 is 2.50 bits per heavy atom. The molecule has 0 fully saturated rings. The largest absolute Gasteiger partial charge is 0.480 e. The molecule has 2 amide bonds. The molecule has 7 nitrogen and oxygen atoms in total. The molecule has 0 heterocycles. The van der Waals surface area contributed by atoms with Crippen LogP contribution < -0.4 is 5.32 Å². The number of hydrogen-bond donors (Lipinski definition) is 2. The van der Waals surface area contributed by atoms with E-state index in [0.29, 0.717) is 13.0 Å². The number of urea groups is 1. The second kappa shape index (κ2) is 9.67. The lowest BCUT2D eigenvalue weighted by Crippen LogP contribution is -2.49. The molecule has 7 heteroatoms. The maximum atomic E-state index is 11.9. The Morgan fingerprint density at radius 2 is 2.05 bits per heavy atom. The lowest BCUT2D eigenvalue weighted by molar-refractivity contribution is -0.143. The third kappa shape index (κ3) is 6.64. The average Bonchev–Trinajstić information content (AvgIpc) is 2.37. The zero-order valence-corrected chi connectivity index (χ0v) is 11.7.